The molecule has 0 aliphatic heterocycles. The van der Waals surface area contributed by atoms with Crippen molar-refractivity contribution in [1.29, 1.82) is 5.26 Å². The number of hydrogen-bond donors (Lipinski definition) is 2. The standard InChI is InChI=1S/C8H6N4O2/c1-14-7(13)3-2-6-5(4-9)8(10)12-11-6/h1H3,(H3,10,11,12). The number of H-pyrrole nitrogens is 1. The van der Waals surface area contributed by atoms with E-state index in [2.05, 4.69) is 26.8 Å². The maximum atomic E-state index is 10.6. The zero-order valence-electron chi connectivity index (χ0n) is 7.29. The van der Waals surface area contributed by atoms with Gasteiger partial charge in [-0.1, -0.05) is 0 Å². The van der Waals surface area contributed by atoms with E-state index in [4.69, 9.17) is 11.0 Å². The largest absolute Gasteiger partial charge is 0.459 e. The third kappa shape index (κ3) is 1.82. The highest BCUT2D eigenvalue weighted by Gasteiger charge is 2.07. The number of nitrogen functional groups attached to an aromatic ring is 1. The summed E-state index contributed by atoms with van der Waals surface area (Å²) >= 11 is 0. The average Bonchev–Trinajstić information content (AvgIpc) is 2.55. The number of nitrogens with one attached hydrogen (secondary N) is 1. The number of hydrogen-bond acceptors (Lipinski definition) is 5. The highest BCUT2D eigenvalue weighted by atomic mass is 16.5. The average molecular weight is 190 g/mol. The molecule has 0 amide bonds. The van der Waals surface area contributed by atoms with Crippen LogP contribution in [-0.4, -0.2) is 23.3 Å². The van der Waals surface area contributed by atoms with E-state index in [0.717, 1.165) is 0 Å². The van der Waals surface area contributed by atoms with Gasteiger partial charge in [0, 0.05) is 5.92 Å². The van der Waals surface area contributed by atoms with Crippen molar-refractivity contribution in [2.75, 3.05) is 12.8 Å². The molecule has 6 nitrogen and oxygen atoms in total. The van der Waals surface area contributed by atoms with E-state index in [1.807, 2.05) is 6.07 Å². The molecule has 1 heterocycles. The smallest absolute Gasteiger partial charge is 0.384 e. The van der Waals surface area contributed by atoms with Crippen molar-refractivity contribution >= 4 is 11.8 Å². The molecule has 0 aliphatic rings. The third-order valence-electron chi connectivity index (χ3n) is 1.38. The van der Waals surface area contributed by atoms with E-state index in [-0.39, 0.29) is 17.1 Å². The molecule has 14 heavy (non-hydrogen) atoms. The number of aromatic amines is 1. The Bertz CT molecular complexity index is 458. The van der Waals surface area contributed by atoms with E-state index in [1.165, 1.54) is 7.11 Å². The predicted molar refractivity (Wildman–Crippen MR) is 46.6 cm³/mol. The van der Waals surface area contributed by atoms with Gasteiger partial charge in [-0.25, -0.2) is 4.79 Å². The molecular weight excluding hydrogens is 184 g/mol. The van der Waals surface area contributed by atoms with Gasteiger partial charge in [-0.05, 0) is 5.92 Å². The summed E-state index contributed by atoms with van der Waals surface area (Å²) in [6.07, 6.45) is 0. The minimum atomic E-state index is -0.693. The zero-order valence-corrected chi connectivity index (χ0v) is 7.29. The molecular formula is C8H6N4O2. The van der Waals surface area contributed by atoms with Crippen molar-refractivity contribution in [3.05, 3.63) is 11.3 Å². The molecule has 0 aliphatic carbocycles. The molecule has 0 saturated carbocycles. The van der Waals surface area contributed by atoms with Crippen molar-refractivity contribution in [2.24, 2.45) is 0 Å². The second-order valence-corrected chi connectivity index (χ2v) is 2.21. The normalized spacial score (nSPS) is 8.29. The van der Waals surface area contributed by atoms with E-state index in [0.29, 0.717) is 0 Å². The van der Waals surface area contributed by atoms with Crippen LogP contribution in [0.1, 0.15) is 11.3 Å². The van der Waals surface area contributed by atoms with Crippen LogP contribution in [-0.2, 0) is 9.53 Å². The quantitative estimate of drug-likeness (QED) is 0.419. The summed E-state index contributed by atoms with van der Waals surface area (Å²) in [6, 6.07) is 1.81. The van der Waals surface area contributed by atoms with Gasteiger partial charge >= 0.3 is 5.97 Å². The molecule has 70 valence electrons. The monoisotopic (exact) mass is 190 g/mol. The van der Waals surface area contributed by atoms with Gasteiger partial charge in [0.25, 0.3) is 0 Å². The Morgan fingerprint density at radius 3 is 3.00 bits per heavy atom. The van der Waals surface area contributed by atoms with Crippen LogP contribution in [0.3, 0.4) is 0 Å². The number of anilines is 1. The molecule has 3 N–H and O–H groups in total. The molecule has 1 rings (SSSR count). The van der Waals surface area contributed by atoms with Crippen molar-refractivity contribution in [1.82, 2.24) is 10.2 Å². The number of rotatable bonds is 0. The molecule has 1 aromatic rings. The zero-order chi connectivity index (χ0) is 10.6. The Kier molecular flexibility index (Phi) is 2.72. The second kappa shape index (κ2) is 3.97. The van der Waals surface area contributed by atoms with Gasteiger partial charge in [0.15, 0.2) is 5.82 Å². The molecule has 0 radical (unpaired) electrons. The van der Waals surface area contributed by atoms with Gasteiger partial charge in [-0.3, -0.25) is 5.10 Å². The Morgan fingerprint density at radius 1 is 1.71 bits per heavy atom. The van der Waals surface area contributed by atoms with Crippen LogP contribution in [0.4, 0.5) is 5.82 Å². The minimum Gasteiger partial charge on any atom is -0.459 e. The summed E-state index contributed by atoms with van der Waals surface area (Å²) in [5.74, 6) is 3.90. The number of nitrogens with zero attached hydrogens (tertiary/aromatic N) is 2. The van der Waals surface area contributed by atoms with Gasteiger partial charge in [0.05, 0.1) is 7.11 Å². The van der Waals surface area contributed by atoms with Crippen molar-refractivity contribution < 1.29 is 9.53 Å². The maximum Gasteiger partial charge on any atom is 0.384 e. The topological polar surface area (TPSA) is 105 Å². The Labute approximate surface area is 79.7 Å². The Morgan fingerprint density at radius 2 is 2.43 bits per heavy atom. The Hall–Kier alpha value is -2.47. The molecule has 0 fully saturated rings. The van der Waals surface area contributed by atoms with Gasteiger partial charge in [-0.2, -0.15) is 10.4 Å². The maximum absolute atomic E-state index is 10.6. The van der Waals surface area contributed by atoms with Gasteiger partial charge in [0.2, 0.25) is 0 Å². The van der Waals surface area contributed by atoms with E-state index >= 15 is 0 Å². The number of methoxy groups -OCH3 is 1. The molecule has 1 aromatic heterocycles. The SMILES string of the molecule is COC(=O)C#Cc1[nH]nc(N)c1C#N. The van der Waals surface area contributed by atoms with Crippen LogP contribution < -0.4 is 5.73 Å². The summed E-state index contributed by atoms with van der Waals surface area (Å²) in [6.45, 7) is 0. The van der Waals surface area contributed by atoms with E-state index in [9.17, 15) is 4.79 Å². The highest BCUT2D eigenvalue weighted by Crippen LogP contribution is 2.09. The molecule has 0 spiro atoms. The first-order valence-electron chi connectivity index (χ1n) is 3.53. The van der Waals surface area contributed by atoms with Crippen molar-refractivity contribution in [3.8, 4) is 17.9 Å². The van der Waals surface area contributed by atoms with Crippen LogP contribution >= 0.6 is 0 Å². The fourth-order valence-corrected chi connectivity index (χ4v) is 0.724. The first-order chi connectivity index (χ1) is 6.69. The van der Waals surface area contributed by atoms with E-state index < -0.39 is 5.97 Å². The number of aromatic nitrogens is 2. The second-order valence-electron chi connectivity index (χ2n) is 2.21. The fourth-order valence-electron chi connectivity index (χ4n) is 0.724. The molecule has 0 saturated heterocycles. The minimum absolute atomic E-state index is 0.0571. The number of carbonyl (C=O) groups is 1. The molecule has 6 heteroatoms. The summed E-state index contributed by atoms with van der Waals surface area (Å²) in [5.41, 5.74) is 5.67. The van der Waals surface area contributed by atoms with E-state index in [1.54, 1.807) is 0 Å². The lowest BCUT2D eigenvalue weighted by Crippen LogP contribution is -1.95. The lowest BCUT2D eigenvalue weighted by atomic mass is 10.2. The molecule has 0 atom stereocenters. The summed E-state index contributed by atoms with van der Waals surface area (Å²) in [4.78, 5) is 10.6. The van der Waals surface area contributed by atoms with Crippen LogP contribution in [0.2, 0.25) is 0 Å². The molecule has 0 bridgehead atoms. The van der Waals surface area contributed by atoms with Gasteiger partial charge < -0.3 is 10.5 Å². The van der Waals surface area contributed by atoms with Crippen LogP contribution in [0.25, 0.3) is 0 Å². The molecule has 0 unspecified atom stereocenters. The van der Waals surface area contributed by atoms with Crippen molar-refractivity contribution in [3.63, 3.8) is 0 Å². The van der Waals surface area contributed by atoms with Crippen molar-refractivity contribution in [2.45, 2.75) is 0 Å². The Balaban J connectivity index is 3.02. The number of esters is 1. The predicted octanol–water partition coefficient (Wildman–Crippen LogP) is -0.612. The lowest BCUT2D eigenvalue weighted by Gasteiger charge is -1.85. The number of nitriles is 1. The van der Waals surface area contributed by atoms with Gasteiger partial charge in [0.1, 0.15) is 17.3 Å². The van der Waals surface area contributed by atoms with Crippen LogP contribution in [0.15, 0.2) is 0 Å². The third-order valence-corrected chi connectivity index (χ3v) is 1.38. The fraction of sp³-hybridized carbons (Fsp3) is 0.125. The number of nitrogens with two attached hydrogens (primary N) is 1. The van der Waals surface area contributed by atoms with Crippen LogP contribution in [0, 0.1) is 23.2 Å². The van der Waals surface area contributed by atoms with Crippen LogP contribution in [0.5, 0.6) is 0 Å². The molecule has 0 aromatic carbocycles. The lowest BCUT2D eigenvalue weighted by molar-refractivity contribution is -0.133. The summed E-state index contributed by atoms with van der Waals surface area (Å²) in [5, 5.41) is 14.6. The van der Waals surface area contributed by atoms with Gasteiger partial charge in [-0.15, -0.1) is 0 Å². The number of ether oxygens (including phenoxy) is 1. The summed E-state index contributed by atoms with van der Waals surface area (Å²) < 4.78 is 4.29. The first-order valence-corrected chi connectivity index (χ1v) is 3.53. The first kappa shape index (κ1) is 9.62. The summed E-state index contributed by atoms with van der Waals surface area (Å²) in [7, 11) is 1.21. The number of carbonyl (C=O) groups excluding carboxylic acids is 1. The highest BCUT2D eigenvalue weighted by molar-refractivity contribution is 5.89.